The number of hydrogen-bond donors (Lipinski definition) is 1. The molecule has 1 atom stereocenters. The van der Waals surface area contributed by atoms with Gasteiger partial charge in [-0.15, -0.1) is 0 Å². The number of halogens is 1. The van der Waals surface area contributed by atoms with Gasteiger partial charge in [0.15, 0.2) is 5.82 Å². The fraction of sp³-hybridized carbons (Fsp3) is 0.286. The van der Waals surface area contributed by atoms with E-state index >= 15 is 0 Å². The van der Waals surface area contributed by atoms with E-state index in [0.29, 0.717) is 24.3 Å². The molecule has 0 spiro atoms. The molecule has 4 rings (SSSR count). The highest BCUT2D eigenvalue weighted by atomic mass is 19.1. The second-order valence-electron chi connectivity index (χ2n) is 7.15. The van der Waals surface area contributed by atoms with Gasteiger partial charge in [0.05, 0.1) is 6.20 Å². The molecule has 3 aromatic rings. The Bertz CT molecular complexity index is 1030. The molecule has 1 aliphatic rings. The van der Waals surface area contributed by atoms with Crippen LogP contribution in [0.5, 0.6) is 0 Å². The zero-order chi connectivity index (χ0) is 20.4. The first-order chi connectivity index (χ1) is 14.0. The predicted molar refractivity (Wildman–Crippen MR) is 106 cm³/mol. The number of carbonyl (C=O) groups excluding carboxylic acids is 2. The number of aromatic nitrogens is 3. The minimum atomic E-state index is -0.433. The van der Waals surface area contributed by atoms with Crippen molar-refractivity contribution in [3.05, 3.63) is 66.4 Å². The summed E-state index contributed by atoms with van der Waals surface area (Å²) >= 11 is 0. The zero-order valence-electron chi connectivity index (χ0n) is 16.1. The molecule has 2 aromatic heterocycles. The summed E-state index contributed by atoms with van der Waals surface area (Å²) in [7, 11) is 0. The maximum Gasteiger partial charge on any atom is 0.256 e. The first-order valence-electron chi connectivity index (χ1n) is 9.59. The minimum absolute atomic E-state index is 0.117. The Hall–Kier alpha value is -3.42. The Labute approximate surface area is 167 Å². The van der Waals surface area contributed by atoms with Gasteiger partial charge in [0, 0.05) is 37.9 Å². The van der Waals surface area contributed by atoms with Crippen molar-refractivity contribution < 1.29 is 14.0 Å². The number of rotatable bonds is 6. The van der Waals surface area contributed by atoms with Crippen LogP contribution in [0.15, 0.2) is 55.0 Å². The lowest BCUT2D eigenvalue weighted by Crippen LogP contribution is -2.42. The van der Waals surface area contributed by atoms with Gasteiger partial charge in [-0.2, -0.15) is 5.10 Å². The van der Waals surface area contributed by atoms with Crippen LogP contribution < -0.4 is 5.32 Å². The molecule has 0 saturated carbocycles. The van der Waals surface area contributed by atoms with Crippen LogP contribution in [0.2, 0.25) is 0 Å². The van der Waals surface area contributed by atoms with E-state index in [1.54, 1.807) is 40.1 Å². The van der Waals surface area contributed by atoms with Gasteiger partial charge in [-0.25, -0.2) is 9.07 Å². The molecule has 1 N–H and O–H groups in total. The van der Waals surface area contributed by atoms with Gasteiger partial charge in [-0.05, 0) is 37.6 Å². The summed E-state index contributed by atoms with van der Waals surface area (Å²) in [5.74, 6) is -0.194. The molecule has 7 nitrogen and oxygen atoms in total. The number of nitrogens with zero attached hydrogens (tertiary/aromatic N) is 4. The third kappa shape index (κ3) is 3.78. The summed E-state index contributed by atoms with van der Waals surface area (Å²) in [6.45, 7) is 3.05. The molecule has 1 fully saturated rings. The number of likely N-dealkylation sites (tertiary alicyclic amines) is 1. The maximum absolute atomic E-state index is 14.4. The van der Waals surface area contributed by atoms with Gasteiger partial charge in [0.25, 0.3) is 5.91 Å². The highest BCUT2D eigenvalue weighted by molar-refractivity contribution is 5.97. The molecule has 1 unspecified atom stereocenters. The van der Waals surface area contributed by atoms with Crippen molar-refractivity contribution in [1.82, 2.24) is 24.6 Å². The Kier molecular flexibility index (Phi) is 5.16. The Morgan fingerprint density at radius 2 is 2.00 bits per heavy atom. The van der Waals surface area contributed by atoms with Gasteiger partial charge in [0.2, 0.25) is 5.91 Å². The summed E-state index contributed by atoms with van der Waals surface area (Å²) in [4.78, 5) is 26.6. The average Bonchev–Trinajstić information content (AvgIpc) is 3.43. The summed E-state index contributed by atoms with van der Waals surface area (Å²) in [6, 6.07) is 9.70. The molecular weight excluding hydrogens is 373 g/mol. The third-order valence-corrected chi connectivity index (χ3v) is 4.96. The molecule has 1 aliphatic heterocycles. The van der Waals surface area contributed by atoms with E-state index in [1.807, 2.05) is 19.1 Å². The number of benzene rings is 1. The van der Waals surface area contributed by atoms with E-state index < -0.39 is 5.82 Å². The topological polar surface area (TPSA) is 72.2 Å². The minimum Gasteiger partial charge on any atom is -0.348 e. The van der Waals surface area contributed by atoms with Crippen molar-refractivity contribution in [2.24, 2.45) is 0 Å². The number of nitrogens with one attached hydrogen (secondary N) is 1. The molecule has 0 radical (unpaired) electrons. The Morgan fingerprint density at radius 3 is 2.69 bits per heavy atom. The number of hydrogen-bond acceptors (Lipinski definition) is 3. The second kappa shape index (κ2) is 7.90. The van der Waals surface area contributed by atoms with Crippen molar-refractivity contribution in [2.75, 3.05) is 13.1 Å². The van der Waals surface area contributed by atoms with Gasteiger partial charge >= 0.3 is 0 Å². The van der Waals surface area contributed by atoms with E-state index in [9.17, 15) is 14.0 Å². The van der Waals surface area contributed by atoms with E-state index in [0.717, 1.165) is 13.0 Å². The standard InChI is InChI=1S/C21H22FN5O2/c1-15(14-26-12-6-9-19(26)28)24-20(29)16-13-23-27(18-8-3-2-7-17(18)22)21(16)25-10-4-5-11-25/h2-5,7-8,10-11,13,15H,6,9,12,14H2,1H3,(H,24,29). The number of carbonyl (C=O) groups is 2. The first kappa shape index (κ1) is 18.9. The van der Waals surface area contributed by atoms with E-state index in [4.69, 9.17) is 0 Å². The Balaban J connectivity index is 1.62. The first-order valence-corrected chi connectivity index (χ1v) is 9.59. The summed E-state index contributed by atoms with van der Waals surface area (Å²) in [5.41, 5.74) is 0.579. The van der Waals surface area contributed by atoms with Crippen LogP contribution in [0.1, 0.15) is 30.1 Å². The lowest BCUT2D eigenvalue weighted by atomic mass is 10.2. The molecule has 150 valence electrons. The van der Waals surface area contributed by atoms with Crippen LogP contribution in [-0.4, -0.2) is 50.2 Å². The SMILES string of the molecule is CC(CN1CCCC1=O)NC(=O)c1cnn(-c2ccccc2F)c1-n1cccc1. The van der Waals surface area contributed by atoms with Crippen molar-refractivity contribution in [2.45, 2.75) is 25.8 Å². The van der Waals surface area contributed by atoms with Gasteiger partial charge in [-0.3, -0.25) is 9.59 Å². The molecular formula is C21H22FN5O2. The molecule has 8 heteroatoms. The fourth-order valence-electron chi connectivity index (χ4n) is 3.60. The second-order valence-corrected chi connectivity index (χ2v) is 7.15. The molecule has 1 aromatic carbocycles. The maximum atomic E-state index is 14.4. The van der Waals surface area contributed by atoms with Crippen LogP contribution >= 0.6 is 0 Å². The van der Waals surface area contributed by atoms with Crippen molar-refractivity contribution >= 4 is 11.8 Å². The normalized spacial score (nSPS) is 15.0. The van der Waals surface area contributed by atoms with E-state index in [-0.39, 0.29) is 23.5 Å². The Morgan fingerprint density at radius 1 is 1.24 bits per heavy atom. The molecule has 0 bridgehead atoms. The van der Waals surface area contributed by atoms with Crippen LogP contribution in [0.25, 0.3) is 11.5 Å². The third-order valence-electron chi connectivity index (χ3n) is 4.96. The van der Waals surface area contributed by atoms with Crippen LogP contribution in [-0.2, 0) is 4.79 Å². The molecule has 0 aliphatic carbocycles. The van der Waals surface area contributed by atoms with Gasteiger partial charge in [0.1, 0.15) is 17.1 Å². The highest BCUT2D eigenvalue weighted by Crippen LogP contribution is 2.22. The predicted octanol–water partition coefficient (Wildman–Crippen LogP) is 2.54. The van der Waals surface area contributed by atoms with Gasteiger partial charge < -0.3 is 14.8 Å². The quantitative estimate of drug-likeness (QED) is 0.697. The molecule has 29 heavy (non-hydrogen) atoms. The zero-order valence-corrected chi connectivity index (χ0v) is 16.1. The van der Waals surface area contributed by atoms with Crippen molar-refractivity contribution in [3.63, 3.8) is 0 Å². The lowest BCUT2D eigenvalue weighted by Gasteiger charge is -2.21. The smallest absolute Gasteiger partial charge is 0.256 e. The highest BCUT2D eigenvalue weighted by Gasteiger charge is 2.25. The van der Waals surface area contributed by atoms with Gasteiger partial charge in [-0.1, -0.05) is 12.1 Å². The lowest BCUT2D eigenvalue weighted by molar-refractivity contribution is -0.127. The van der Waals surface area contributed by atoms with Crippen LogP contribution in [0, 0.1) is 5.82 Å². The summed E-state index contributed by atoms with van der Waals surface area (Å²) < 4.78 is 17.5. The van der Waals surface area contributed by atoms with Crippen molar-refractivity contribution in [1.29, 1.82) is 0 Å². The van der Waals surface area contributed by atoms with E-state index in [1.165, 1.54) is 16.9 Å². The summed E-state index contributed by atoms with van der Waals surface area (Å²) in [6.07, 6.45) is 6.40. The fourth-order valence-corrected chi connectivity index (χ4v) is 3.60. The number of amides is 2. The average molecular weight is 395 g/mol. The van der Waals surface area contributed by atoms with E-state index in [2.05, 4.69) is 10.4 Å². The summed E-state index contributed by atoms with van der Waals surface area (Å²) in [5, 5.41) is 7.21. The largest absolute Gasteiger partial charge is 0.348 e. The number of para-hydroxylation sites is 1. The monoisotopic (exact) mass is 395 g/mol. The van der Waals surface area contributed by atoms with Crippen LogP contribution in [0.3, 0.4) is 0 Å². The van der Waals surface area contributed by atoms with Crippen LogP contribution in [0.4, 0.5) is 4.39 Å². The molecule has 1 saturated heterocycles. The molecule has 2 amide bonds. The molecule has 3 heterocycles. The van der Waals surface area contributed by atoms with Crippen molar-refractivity contribution in [3.8, 4) is 11.5 Å².